The lowest BCUT2D eigenvalue weighted by Crippen LogP contribution is -2.47. The van der Waals surface area contributed by atoms with Crippen LogP contribution in [0.2, 0.25) is 5.02 Å². The number of rotatable bonds is 1. The van der Waals surface area contributed by atoms with Gasteiger partial charge in [-0.15, -0.1) is 0 Å². The second-order valence-corrected chi connectivity index (χ2v) is 4.86. The van der Waals surface area contributed by atoms with Gasteiger partial charge in [-0.05, 0) is 32.0 Å². The highest BCUT2D eigenvalue weighted by molar-refractivity contribution is 6.30. The molecule has 17 heavy (non-hydrogen) atoms. The number of nitrogens with zero attached hydrogens (tertiary/aromatic N) is 2. The minimum Gasteiger partial charge on any atom is -0.375 e. The van der Waals surface area contributed by atoms with Crippen LogP contribution in [0.5, 0.6) is 0 Å². The molecule has 0 aromatic heterocycles. The molecule has 0 spiro atoms. The molecule has 1 aromatic rings. The predicted octanol–water partition coefficient (Wildman–Crippen LogP) is 2.83. The molecule has 4 heteroatoms. The monoisotopic (exact) mass is 250 g/mol. The Hall–Kier alpha value is -1.24. The Balaban J connectivity index is 2.38. The third-order valence-corrected chi connectivity index (χ3v) is 3.23. The number of ether oxygens (including phenoxy) is 1. The first-order chi connectivity index (χ1) is 8.11. The van der Waals surface area contributed by atoms with Crippen LogP contribution in [0.3, 0.4) is 0 Å². The predicted molar refractivity (Wildman–Crippen MR) is 68.4 cm³/mol. The highest BCUT2D eigenvalue weighted by Crippen LogP contribution is 2.28. The molecule has 0 radical (unpaired) electrons. The summed E-state index contributed by atoms with van der Waals surface area (Å²) in [4.78, 5) is 2.19. The van der Waals surface area contributed by atoms with Gasteiger partial charge in [-0.1, -0.05) is 11.6 Å². The van der Waals surface area contributed by atoms with E-state index in [0.717, 1.165) is 12.2 Å². The number of hydrogen-bond donors (Lipinski definition) is 0. The van der Waals surface area contributed by atoms with Gasteiger partial charge in [0.25, 0.3) is 0 Å². The van der Waals surface area contributed by atoms with Crippen LogP contribution < -0.4 is 4.90 Å². The summed E-state index contributed by atoms with van der Waals surface area (Å²) in [6.45, 7) is 5.60. The summed E-state index contributed by atoms with van der Waals surface area (Å²) in [7, 11) is 0. The van der Waals surface area contributed by atoms with Gasteiger partial charge in [-0.2, -0.15) is 5.26 Å². The van der Waals surface area contributed by atoms with Gasteiger partial charge in [-0.3, -0.25) is 0 Å². The number of benzene rings is 1. The zero-order valence-electron chi connectivity index (χ0n) is 9.98. The summed E-state index contributed by atoms with van der Waals surface area (Å²) in [5.41, 5.74) is 1.57. The smallest absolute Gasteiger partial charge is 0.101 e. The first kappa shape index (κ1) is 12.2. The van der Waals surface area contributed by atoms with Crippen molar-refractivity contribution in [2.24, 2.45) is 0 Å². The molecule has 1 aromatic carbocycles. The fraction of sp³-hybridized carbons (Fsp3) is 0.462. The number of hydrogen-bond acceptors (Lipinski definition) is 3. The summed E-state index contributed by atoms with van der Waals surface area (Å²) < 4.78 is 5.59. The van der Waals surface area contributed by atoms with Gasteiger partial charge in [0.2, 0.25) is 0 Å². The lowest BCUT2D eigenvalue weighted by atomic mass is 10.1. The largest absolute Gasteiger partial charge is 0.375 e. The molecule has 0 aliphatic carbocycles. The van der Waals surface area contributed by atoms with Crippen molar-refractivity contribution < 1.29 is 4.74 Å². The maximum atomic E-state index is 9.14. The van der Waals surface area contributed by atoms with Crippen molar-refractivity contribution in [2.75, 3.05) is 18.1 Å². The van der Waals surface area contributed by atoms with Crippen molar-refractivity contribution in [1.29, 1.82) is 5.26 Å². The number of halogens is 1. The SMILES string of the molecule is CC1CN(c2cc(Cl)ccc2C#N)C(C)CO1. The van der Waals surface area contributed by atoms with Crippen LogP contribution in [-0.4, -0.2) is 25.3 Å². The van der Waals surface area contributed by atoms with Crippen LogP contribution in [-0.2, 0) is 4.74 Å². The minimum atomic E-state index is 0.178. The molecule has 1 aliphatic heterocycles. The van der Waals surface area contributed by atoms with Gasteiger partial charge in [0, 0.05) is 17.6 Å². The lowest BCUT2D eigenvalue weighted by Gasteiger charge is -2.39. The molecule has 1 heterocycles. The highest BCUT2D eigenvalue weighted by Gasteiger charge is 2.25. The normalized spacial score (nSPS) is 24.5. The maximum Gasteiger partial charge on any atom is 0.101 e. The molecule has 1 fully saturated rings. The van der Waals surface area contributed by atoms with Crippen LogP contribution in [0.25, 0.3) is 0 Å². The zero-order chi connectivity index (χ0) is 12.4. The Morgan fingerprint density at radius 2 is 2.24 bits per heavy atom. The van der Waals surface area contributed by atoms with E-state index in [-0.39, 0.29) is 12.1 Å². The van der Waals surface area contributed by atoms with E-state index >= 15 is 0 Å². The molecule has 1 saturated heterocycles. The van der Waals surface area contributed by atoms with E-state index in [1.807, 2.05) is 13.0 Å². The van der Waals surface area contributed by atoms with Gasteiger partial charge in [0.1, 0.15) is 6.07 Å². The van der Waals surface area contributed by atoms with E-state index in [0.29, 0.717) is 17.2 Å². The minimum absolute atomic E-state index is 0.178. The van der Waals surface area contributed by atoms with Gasteiger partial charge in [-0.25, -0.2) is 0 Å². The molecule has 0 bridgehead atoms. The molecule has 2 atom stereocenters. The van der Waals surface area contributed by atoms with Crippen molar-refractivity contribution >= 4 is 17.3 Å². The van der Waals surface area contributed by atoms with Crippen LogP contribution >= 0.6 is 11.6 Å². The molecule has 0 amide bonds. The van der Waals surface area contributed by atoms with Crippen LogP contribution in [0, 0.1) is 11.3 Å². The summed E-state index contributed by atoms with van der Waals surface area (Å²) in [6, 6.07) is 7.85. The molecule has 90 valence electrons. The van der Waals surface area contributed by atoms with Crippen molar-refractivity contribution in [1.82, 2.24) is 0 Å². The van der Waals surface area contributed by atoms with E-state index in [2.05, 4.69) is 17.9 Å². The molecular weight excluding hydrogens is 236 g/mol. The molecule has 2 rings (SSSR count). The van der Waals surface area contributed by atoms with Gasteiger partial charge >= 0.3 is 0 Å². The van der Waals surface area contributed by atoms with Crippen molar-refractivity contribution in [3.63, 3.8) is 0 Å². The Morgan fingerprint density at radius 3 is 2.94 bits per heavy atom. The molecule has 0 N–H and O–H groups in total. The number of nitriles is 1. The Kier molecular flexibility index (Phi) is 3.56. The number of morpholine rings is 1. The molecule has 2 unspecified atom stereocenters. The van der Waals surface area contributed by atoms with Crippen LogP contribution in [0.1, 0.15) is 19.4 Å². The van der Waals surface area contributed by atoms with Crippen LogP contribution in [0.15, 0.2) is 18.2 Å². The Labute approximate surface area is 107 Å². The summed E-state index contributed by atoms with van der Waals surface area (Å²) in [5, 5.41) is 9.80. The molecule has 0 saturated carbocycles. The topological polar surface area (TPSA) is 36.3 Å². The van der Waals surface area contributed by atoms with Crippen molar-refractivity contribution in [3.8, 4) is 6.07 Å². The zero-order valence-corrected chi connectivity index (χ0v) is 10.7. The number of anilines is 1. The first-order valence-corrected chi connectivity index (χ1v) is 6.07. The maximum absolute atomic E-state index is 9.14. The average Bonchev–Trinajstić information content (AvgIpc) is 2.32. The van der Waals surface area contributed by atoms with E-state index < -0.39 is 0 Å². The van der Waals surface area contributed by atoms with E-state index in [9.17, 15) is 0 Å². The summed E-state index contributed by atoms with van der Waals surface area (Å²) >= 11 is 6.01. The molecule has 1 aliphatic rings. The first-order valence-electron chi connectivity index (χ1n) is 5.69. The lowest BCUT2D eigenvalue weighted by molar-refractivity contribution is 0.0343. The Morgan fingerprint density at radius 1 is 1.47 bits per heavy atom. The van der Waals surface area contributed by atoms with Crippen molar-refractivity contribution in [3.05, 3.63) is 28.8 Å². The summed E-state index contributed by atoms with van der Waals surface area (Å²) in [5.74, 6) is 0. The highest BCUT2D eigenvalue weighted by atomic mass is 35.5. The van der Waals surface area contributed by atoms with Crippen molar-refractivity contribution in [2.45, 2.75) is 26.0 Å². The Bertz CT molecular complexity index is 455. The van der Waals surface area contributed by atoms with E-state index in [1.165, 1.54) is 0 Å². The summed E-state index contributed by atoms with van der Waals surface area (Å²) in [6.07, 6.45) is 0.178. The standard InChI is InChI=1S/C13H15ClN2O/c1-9-8-17-10(2)7-16(9)13-5-12(14)4-3-11(13)6-15/h3-5,9-10H,7-8H2,1-2H3. The molecule has 3 nitrogen and oxygen atoms in total. The third-order valence-electron chi connectivity index (χ3n) is 3.00. The third kappa shape index (κ3) is 2.54. The van der Waals surface area contributed by atoms with E-state index in [1.54, 1.807) is 12.1 Å². The average molecular weight is 251 g/mol. The van der Waals surface area contributed by atoms with Crippen LogP contribution in [0.4, 0.5) is 5.69 Å². The second-order valence-electron chi connectivity index (χ2n) is 4.42. The van der Waals surface area contributed by atoms with Gasteiger partial charge < -0.3 is 9.64 Å². The van der Waals surface area contributed by atoms with Gasteiger partial charge in [0.15, 0.2) is 0 Å². The van der Waals surface area contributed by atoms with Gasteiger partial charge in [0.05, 0.1) is 24.0 Å². The fourth-order valence-electron chi connectivity index (χ4n) is 2.08. The second kappa shape index (κ2) is 4.95. The van der Waals surface area contributed by atoms with E-state index in [4.69, 9.17) is 21.6 Å². The quantitative estimate of drug-likeness (QED) is 0.769. The fourth-order valence-corrected chi connectivity index (χ4v) is 2.24. The molecular formula is C13H15ClN2O.